The van der Waals surface area contributed by atoms with Gasteiger partial charge in [0.2, 0.25) is 11.6 Å². The molecule has 2 heterocycles. The quantitative estimate of drug-likeness (QED) is 0.0143. The van der Waals surface area contributed by atoms with E-state index in [9.17, 15) is 92.6 Å². The molecule has 3 amide bonds. The van der Waals surface area contributed by atoms with Crippen molar-refractivity contribution in [1.29, 1.82) is 0 Å². The van der Waals surface area contributed by atoms with E-state index in [0.717, 1.165) is 45.1 Å². The van der Waals surface area contributed by atoms with Crippen LogP contribution >= 0.6 is 0 Å². The van der Waals surface area contributed by atoms with Crippen LogP contribution in [0.5, 0.6) is 5.75 Å². The molecule has 0 radical (unpaired) electrons. The molecule has 564 valence electrons. The maximum atomic E-state index is 13.6. The first kappa shape index (κ1) is 83.5. The molecule has 0 saturated heterocycles. The molecule has 1 unspecified atom stereocenters. The maximum Gasteiger partial charge on any atom is 0.326 e. The zero-order valence-electron chi connectivity index (χ0n) is 58.6. The van der Waals surface area contributed by atoms with E-state index in [-0.39, 0.29) is 106 Å². The predicted molar refractivity (Wildman–Crippen MR) is 384 cm³/mol. The van der Waals surface area contributed by atoms with Gasteiger partial charge in [-0.15, -0.1) is 0 Å². The van der Waals surface area contributed by atoms with E-state index >= 15 is 0 Å². The number of carbonyl (C=O) groups is 8. The number of amides is 3. The van der Waals surface area contributed by atoms with Gasteiger partial charge in [0.1, 0.15) is 41.7 Å². The molecular formula is C73H98N5O22S3+. The number of allylic oxidation sites excluding steroid dienone is 7. The second-order valence-electron chi connectivity index (χ2n) is 27.2. The molecule has 4 atom stereocenters. The summed E-state index contributed by atoms with van der Waals surface area (Å²) in [7, 11) is -13.1. The Kier molecular flexibility index (Phi) is 31.6. The van der Waals surface area contributed by atoms with Gasteiger partial charge in [-0.25, -0.2) is 14.4 Å². The molecule has 2 aliphatic heterocycles. The molecule has 103 heavy (non-hydrogen) atoms. The van der Waals surface area contributed by atoms with E-state index in [1.165, 1.54) is 24.3 Å². The number of Topliss-reactive ketones (excluding diaryl/α,β-unsaturated/α-hetero) is 2. The monoisotopic (exact) mass is 1490 g/mol. The Morgan fingerprint density at radius 1 is 0.602 bits per heavy atom. The van der Waals surface area contributed by atoms with Gasteiger partial charge in [-0.3, -0.25) is 37.6 Å². The number of carboxylic acids is 4. The minimum absolute atomic E-state index is 0.0214. The van der Waals surface area contributed by atoms with Crippen molar-refractivity contribution in [2.45, 2.75) is 209 Å². The van der Waals surface area contributed by atoms with Gasteiger partial charge in [0, 0.05) is 92.5 Å². The zero-order chi connectivity index (χ0) is 75.7. The fourth-order valence-corrected chi connectivity index (χ4v) is 14.9. The largest absolute Gasteiger partial charge is 0.481 e. The molecule has 6 rings (SSSR count). The molecule has 3 aromatic rings. The van der Waals surface area contributed by atoms with Crippen molar-refractivity contribution in [3.05, 3.63) is 131 Å². The van der Waals surface area contributed by atoms with Crippen LogP contribution in [0.1, 0.15) is 192 Å². The summed E-state index contributed by atoms with van der Waals surface area (Å²) < 4.78 is 110. The van der Waals surface area contributed by atoms with Crippen LogP contribution in [0.15, 0.2) is 125 Å². The van der Waals surface area contributed by atoms with Crippen molar-refractivity contribution in [1.82, 2.24) is 16.0 Å². The molecule has 10 N–H and O–H groups in total. The Labute approximate surface area is 602 Å². The van der Waals surface area contributed by atoms with Crippen LogP contribution in [-0.2, 0) is 74.7 Å². The summed E-state index contributed by atoms with van der Waals surface area (Å²) in [6.45, 7) is 6.95. The minimum atomic E-state index is -4.53. The first-order valence-electron chi connectivity index (χ1n) is 35.0. The topological polar surface area (TPSA) is 432 Å². The highest BCUT2D eigenvalue weighted by molar-refractivity contribution is 7.86. The van der Waals surface area contributed by atoms with Gasteiger partial charge in [-0.1, -0.05) is 68.2 Å². The van der Waals surface area contributed by atoms with Crippen molar-refractivity contribution < 1.29 is 107 Å². The van der Waals surface area contributed by atoms with Crippen LogP contribution in [-0.4, -0.2) is 160 Å². The lowest BCUT2D eigenvalue weighted by Crippen LogP contribution is -2.51. The minimum Gasteiger partial charge on any atom is -0.481 e. The fraction of sp³-hybridized carbons (Fsp3) is 0.521. The van der Waals surface area contributed by atoms with Crippen LogP contribution in [0.4, 0.5) is 16.2 Å². The number of hydrogen-bond donors (Lipinski definition) is 10. The Hall–Kier alpha value is -8.42. The second-order valence-corrected chi connectivity index (χ2v) is 31.7. The number of fused-ring (bicyclic) bond motifs is 2. The van der Waals surface area contributed by atoms with E-state index in [1.807, 2.05) is 77.7 Å². The summed E-state index contributed by atoms with van der Waals surface area (Å²) in [6.07, 6.45) is 15.5. The summed E-state index contributed by atoms with van der Waals surface area (Å²) in [5, 5.41) is 44.6. The molecule has 0 fully saturated rings. The molecule has 3 aliphatic rings. The van der Waals surface area contributed by atoms with E-state index < -0.39 is 113 Å². The number of nitrogens with zero attached hydrogens (tertiary/aromatic N) is 2. The van der Waals surface area contributed by atoms with E-state index in [2.05, 4.69) is 41.3 Å². The zero-order valence-corrected chi connectivity index (χ0v) is 61.0. The number of anilines is 1. The van der Waals surface area contributed by atoms with Gasteiger partial charge < -0.3 is 46.0 Å². The molecule has 30 heteroatoms. The molecule has 0 aromatic heterocycles. The number of benzene rings is 3. The third-order valence-corrected chi connectivity index (χ3v) is 21.4. The van der Waals surface area contributed by atoms with Gasteiger partial charge in [-0.05, 0) is 170 Å². The summed E-state index contributed by atoms with van der Waals surface area (Å²) in [5.74, 6) is -6.61. The number of unbranched alkanes of at least 4 members (excludes halogenated alkanes) is 6. The number of aliphatic carboxylic acids is 4. The standard InChI is InChI=1S/C73H97N5O22S3/c1-72(2)57-27-11-13-30-61(57)77(45-19-47-101(91,92)93)63(72)40-33-50-22-17-23-51(67(50)100-55-35-37-56(38-36-55)103(97,98)99)34-41-64-73(3,58-28-12-14-31-62(58)78(64)46-20-48-102(94,95)96)43-18-26-53(79)24-9-6-7-21-52(68(84)85)49-54(80)25-8-4-5-10-32-65(81)74-44-16-15-29-59(69(86)87)75-71(90)76-60(70(88)89)39-42-66(82)83/h11-14,27-28,30-31,33-38,40-41,52,59-60H,4-10,15-26,29,32,39,42-49H2,1-3H3,(H9-,74,75,76,81,82,83,84,85,86,87,88,89,90,91,92,93,94,95,96,97,98,99)/p+1/t52-,59-,60-,73?/m0/s1. The van der Waals surface area contributed by atoms with E-state index in [0.29, 0.717) is 95.7 Å². The lowest BCUT2D eigenvalue weighted by atomic mass is 9.76. The summed E-state index contributed by atoms with van der Waals surface area (Å²) in [5.41, 5.74) is 5.63. The average Bonchev–Trinajstić information content (AvgIpc) is 1.60. The number of rotatable bonds is 46. The number of ether oxygens (including phenoxy) is 1. The third-order valence-electron chi connectivity index (χ3n) is 18.9. The van der Waals surface area contributed by atoms with Crippen molar-refractivity contribution >= 4 is 94.8 Å². The number of nitrogens with one attached hydrogen (secondary N) is 3. The van der Waals surface area contributed by atoms with Crippen LogP contribution in [0.2, 0.25) is 0 Å². The Morgan fingerprint density at radius 3 is 1.83 bits per heavy atom. The molecule has 0 saturated carbocycles. The fourth-order valence-electron chi connectivity index (χ4n) is 13.5. The highest BCUT2D eigenvalue weighted by atomic mass is 32.2. The van der Waals surface area contributed by atoms with E-state index in [4.69, 9.17) is 9.84 Å². The van der Waals surface area contributed by atoms with Crippen molar-refractivity contribution in [2.24, 2.45) is 5.92 Å². The lowest BCUT2D eigenvalue weighted by molar-refractivity contribution is -0.437. The molecular weight excluding hydrogens is 1400 g/mol. The summed E-state index contributed by atoms with van der Waals surface area (Å²) in [6, 6.07) is 16.9. The SMILES string of the molecule is CC1(C)C(/C=C/C2=C(Oc3ccc(S(=O)(=O)O)cc3)C(=C/C=C3/N(CCCS(=O)(=O)O)c4ccccc4C3(C)CCCC(=O)CCCCC[C@@H](CC(=O)CCCCCCC(=O)NCCCC[C@H](NC(=O)N[C@@H](CCC(=O)O)C(=O)O)C(=O)O)C(=O)O)/CCC2)=[N+](CCCS(=O)(=O)O)c2ccccc21. The van der Waals surface area contributed by atoms with Crippen LogP contribution < -0.4 is 25.6 Å². The number of para-hydroxylation sites is 2. The van der Waals surface area contributed by atoms with Gasteiger partial charge in [0.15, 0.2) is 5.71 Å². The summed E-state index contributed by atoms with van der Waals surface area (Å²) in [4.78, 5) is 99.0. The predicted octanol–water partition coefficient (Wildman–Crippen LogP) is 10.6. The van der Waals surface area contributed by atoms with Crippen molar-refractivity contribution in [3.63, 3.8) is 0 Å². The van der Waals surface area contributed by atoms with Gasteiger partial charge >= 0.3 is 29.9 Å². The highest BCUT2D eigenvalue weighted by Crippen LogP contribution is 2.51. The first-order chi connectivity index (χ1) is 48.6. The number of carboxylic acid groups (broad SMARTS) is 4. The number of urea groups is 1. The number of carbonyl (C=O) groups excluding carboxylic acids is 4. The third kappa shape index (κ3) is 26.4. The Morgan fingerprint density at radius 2 is 1.19 bits per heavy atom. The average molecular weight is 1490 g/mol. The van der Waals surface area contributed by atoms with Gasteiger partial charge in [0.25, 0.3) is 30.4 Å². The Balaban J connectivity index is 1.04. The van der Waals surface area contributed by atoms with Crippen LogP contribution in [0, 0.1) is 5.92 Å². The van der Waals surface area contributed by atoms with Gasteiger partial charge in [0.05, 0.1) is 27.7 Å². The second kappa shape index (κ2) is 38.9. The summed E-state index contributed by atoms with van der Waals surface area (Å²) >= 11 is 0. The molecule has 3 aromatic carbocycles. The van der Waals surface area contributed by atoms with E-state index in [1.54, 1.807) is 0 Å². The molecule has 0 spiro atoms. The highest BCUT2D eigenvalue weighted by Gasteiger charge is 2.45. The smallest absolute Gasteiger partial charge is 0.326 e. The molecule has 27 nitrogen and oxygen atoms in total. The van der Waals surface area contributed by atoms with Crippen molar-refractivity contribution in [3.8, 4) is 5.75 Å². The van der Waals surface area contributed by atoms with Crippen molar-refractivity contribution in [2.75, 3.05) is 36.0 Å². The van der Waals surface area contributed by atoms with Crippen LogP contribution in [0.25, 0.3) is 0 Å². The molecule has 0 bridgehead atoms. The normalized spacial score (nSPS) is 17.6. The number of hydrogen-bond acceptors (Lipinski definition) is 16. The number of ketones is 2. The first-order valence-corrected chi connectivity index (χ1v) is 39.6. The maximum absolute atomic E-state index is 13.6. The lowest BCUT2D eigenvalue weighted by Gasteiger charge is -2.31. The van der Waals surface area contributed by atoms with Crippen LogP contribution in [0.3, 0.4) is 0 Å². The molecule has 1 aliphatic carbocycles. The van der Waals surface area contributed by atoms with Gasteiger partial charge in [-0.2, -0.15) is 29.8 Å². The Bertz CT molecular complexity index is 4070.